The van der Waals surface area contributed by atoms with Gasteiger partial charge in [0.05, 0.1) is 17.9 Å². The van der Waals surface area contributed by atoms with Crippen molar-refractivity contribution < 1.29 is 14.1 Å². The van der Waals surface area contributed by atoms with Gasteiger partial charge in [0.2, 0.25) is 0 Å². The zero-order valence-corrected chi connectivity index (χ0v) is 15.3. The fourth-order valence-corrected chi connectivity index (χ4v) is 3.52. The lowest BCUT2D eigenvalue weighted by atomic mass is 9.84. The fourth-order valence-electron chi connectivity index (χ4n) is 3.52. The Kier molecular flexibility index (Phi) is 5.45. The molecule has 0 atom stereocenters. The number of carbonyl (C=O) groups excluding carboxylic acids is 1. The van der Waals surface area contributed by atoms with Gasteiger partial charge in [-0.15, -0.1) is 12.4 Å². The minimum atomic E-state index is -0.571. The topological polar surface area (TPSA) is 92.5 Å². The Morgan fingerprint density at radius 3 is 2.85 bits per heavy atom. The molecule has 2 aromatic rings. The lowest BCUT2D eigenvalue weighted by molar-refractivity contribution is -0.124. The number of carbonyl (C=O) groups is 1. The number of piperidine rings is 1. The number of anilines is 2. The van der Waals surface area contributed by atoms with Gasteiger partial charge in [-0.2, -0.15) is 4.98 Å². The van der Waals surface area contributed by atoms with E-state index in [9.17, 15) is 4.79 Å². The molecular weight excluding hydrogens is 358 g/mol. The average molecular weight is 380 g/mol. The number of hydrogen-bond acceptors (Lipinski definition) is 7. The molecule has 1 amide bonds. The van der Waals surface area contributed by atoms with Crippen LogP contribution < -0.4 is 15.5 Å². The number of fused-ring (bicyclic) bond motifs is 1. The summed E-state index contributed by atoms with van der Waals surface area (Å²) in [4.78, 5) is 19.4. The molecular formula is C17H22ClN5O3. The van der Waals surface area contributed by atoms with Crippen LogP contribution in [0.5, 0.6) is 0 Å². The molecule has 3 heterocycles. The molecule has 8 nitrogen and oxygen atoms in total. The standard InChI is InChI=1S/C17H21N5O3.ClH/c1-24-11-15-19-14(21-25-15)10-22-13-5-3-2-4-12(13)20-17(16(22)23)6-8-18-9-7-17;/h2-5,18,20H,6-11H2,1H3;1H. The van der Waals surface area contributed by atoms with Gasteiger partial charge < -0.3 is 24.8 Å². The van der Waals surface area contributed by atoms with Gasteiger partial charge >= 0.3 is 0 Å². The smallest absolute Gasteiger partial charge is 0.253 e. The van der Waals surface area contributed by atoms with Crippen LogP contribution >= 0.6 is 12.4 Å². The number of methoxy groups -OCH3 is 1. The maximum atomic E-state index is 13.3. The molecule has 1 aromatic heterocycles. The van der Waals surface area contributed by atoms with Crippen LogP contribution in [0.3, 0.4) is 0 Å². The van der Waals surface area contributed by atoms with E-state index in [0.717, 1.165) is 37.3 Å². The van der Waals surface area contributed by atoms with Crippen molar-refractivity contribution in [1.29, 1.82) is 0 Å². The van der Waals surface area contributed by atoms with Crippen molar-refractivity contribution in [2.45, 2.75) is 31.5 Å². The maximum Gasteiger partial charge on any atom is 0.253 e. The van der Waals surface area contributed by atoms with E-state index in [1.165, 1.54) is 0 Å². The summed E-state index contributed by atoms with van der Waals surface area (Å²) >= 11 is 0. The van der Waals surface area contributed by atoms with Crippen LogP contribution in [-0.4, -0.2) is 41.8 Å². The number of rotatable bonds is 4. The molecule has 4 rings (SSSR count). The summed E-state index contributed by atoms with van der Waals surface area (Å²) in [6.45, 7) is 2.17. The second-order valence-electron chi connectivity index (χ2n) is 6.40. The van der Waals surface area contributed by atoms with Gasteiger partial charge in [-0.3, -0.25) is 4.79 Å². The van der Waals surface area contributed by atoms with Crippen molar-refractivity contribution in [2.75, 3.05) is 30.4 Å². The van der Waals surface area contributed by atoms with Crippen LogP contribution in [0.1, 0.15) is 24.6 Å². The molecule has 2 aliphatic rings. The molecule has 26 heavy (non-hydrogen) atoms. The van der Waals surface area contributed by atoms with Crippen molar-refractivity contribution in [3.63, 3.8) is 0 Å². The monoisotopic (exact) mass is 379 g/mol. The third kappa shape index (κ3) is 3.27. The molecule has 1 aromatic carbocycles. The minimum Gasteiger partial charge on any atom is -0.375 e. The molecule has 1 saturated heterocycles. The molecule has 0 saturated carbocycles. The first-order valence-electron chi connectivity index (χ1n) is 8.42. The molecule has 2 aliphatic heterocycles. The van der Waals surface area contributed by atoms with E-state index in [0.29, 0.717) is 11.7 Å². The molecule has 140 valence electrons. The minimum absolute atomic E-state index is 0. The molecule has 0 bridgehead atoms. The predicted molar refractivity (Wildman–Crippen MR) is 98.3 cm³/mol. The number of nitrogens with zero attached hydrogens (tertiary/aromatic N) is 3. The summed E-state index contributed by atoms with van der Waals surface area (Å²) < 4.78 is 10.2. The first-order valence-corrected chi connectivity index (χ1v) is 8.42. The number of amides is 1. The Labute approximate surface area is 157 Å². The highest BCUT2D eigenvalue weighted by molar-refractivity contribution is 6.07. The lowest BCUT2D eigenvalue weighted by Gasteiger charge is -2.45. The van der Waals surface area contributed by atoms with Crippen molar-refractivity contribution >= 4 is 29.7 Å². The van der Waals surface area contributed by atoms with Crippen molar-refractivity contribution in [3.05, 3.63) is 36.0 Å². The summed E-state index contributed by atoms with van der Waals surface area (Å²) in [5.74, 6) is 0.942. The van der Waals surface area contributed by atoms with Crippen LogP contribution in [0.15, 0.2) is 28.8 Å². The van der Waals surface area contributed by atoms with Crippen molar-refractivity contribution in [3.8, 4) is 0 Å². The molecule has 1 fully saturated rings. The number of nitrogens with one attached hydrogen (secondary N) is 2. The lowest BCUT2D eigenvalue weighted by Crippen LogP contribution is -2.61. The molecule has 0 radical (unpaired) electrons. The quantitative estimate of drug-likeness (QED) is 0.835. The summed E-state index contributed by atoms with van der Waals surface area (Å²) in [6.07, 6.45) is 1.50. The highest BCUT2D eigenvalue weighted by atomic mass is 35.5. The van der Waals surface area contributed by atoms with E-state index < -0.39 is 5.54 Å². The van der Waals surface area contributed by atoms with E-state index >= 15 is 0 Å². The van der Waals surface area contributed by atoms with Crippen LogP contribution in [0.4, 0.5) is 11.4 Å². The SMILES string of the molecule is COCc1nc(CN2C(=O)C3(CCNCC3)Nc3ccccc32)no1.Cl. The van der Waals surface area contributed by atoms with E-state index in [2.05, 4.69) is 20.8 Å². The van der Waals surface area contributed by atoms with Gasteiger partial charge in [0.15, 0.2) is 5.82 Å². The maximum absolute atomic E-state index is 13.3. The highest BCUT2D eigenvalue weighted by Crippen LogP contribution is 2.39. The Hall–Kier alpha value is -2.16. The van der Waals surface area contributed by atoms with E-state index in [4.69, 9.17) is 9.26 Å². The predicted octanol–water partition coefficient (Wildman–Crippen LogP) is 1.72. The van der Waals surface area contributed by atoms with Gasteiger partial charge in [-0.1, -0.05) is 17.3 Å². The fraction of sp³-hybridized carbons (Fsp3) is 0.471. The Bertz CT molecular complexity index is 775. The molecule has 2 N–H and O–H groups in total. The number of halogens is 1. The largest absolute Gasteiger partial charge is 0.375 e. The van der Waals surface area contributed by atoms with E-state index in [-0.39, 0.29) is 31.5 Å². The Morgan fingerprint density at radius 2 is 2.08 bits per heavy atom. The third-order valence-corrected chi connectivity index (χ3v) is 4.76. The summed E-state index contributed by atoms with van der Waals surface area (Å²) in [6, 6.07) is 7.84. The first-order chi connectivity index (χ1) is 12.2. The zero-order valence-electron chi connectivity index (χ0n) is 14.5. The molecule has 9 heteroatoms. The number of para-hydroxylation sites is 2. The van der Waals surface area contributed by atoms with Gasteiger partial charge in [0.1, 0.15) is 12.1 Å². The van der Waals surface area contributed by atoms with Crippen LogP contribution in [0.25, 0.3) is 0 Å². The molecule has 1 spiro atoms. The van der Waals surface area contributed by atoms with Crippen molar-refractivity contribution in [1.82, 2.24) is 15.5 Å². The Morgan fingerprint density at radius 1 is 1.31 bits per heavy atom. The normalized spacial score (nSPS) is 18.2. The van der Waals surface area contributed by atoms with Crippen LogP contribution in [0.2, 0.25) is 0 Å². The number of aromatic nitrogens is 2. The second kappa shape index (κ2) is 7.61. The van der Waals surface area contributed by atoms with Crippen LogP contribution in [0, 0.1) is 0 Å². The summed E-state index contributed by atoms with van der Waals surface area (Å²) in [5.41, 5.74) is 1.23. The average Bonchev–Trinajstić information content (AvgIpc) is 3.07. The van der Waals surface area contributed by atoms with Gasteiger partial charge in [0, 0.05) is 7.11 Å². The summed E-state index contributed by atoms with van der Waals surface area (Å²) in [5, 5.41) is 10.8. The second-order valence-corrected chi connectivity index (χ2v) is 6.40. The zero-order chi connectivity index (χ0) is 17.3. The van der Waals surface area contributed by atoms with Gasteiger partial charge in [-0.25, -0.2) is 0 Å². The molecule has 0 aliphatic carbocycles. The number of benzene rings is 1. The van der Waals surface area contributed by atoms with Crippen LogP contribution in [-0.2, 0) is 22.7 Å². The summed E-state index contributed by atoms with van der Waals surface area (Å²) in [7, 11) is 1.57. The Balaban J connectivity index is 0.00000196. The molecule has 0 unspecified atom stereocenters. The first kappa shape index (κ1) is 18.6. The third-order valence-electron chi connectivity index (χ3n) is 4.76. The van der Waals surface area contributed by atoms with Gasteiger partial charge in [-0.05, 0) is 38.1 Å². The number of ether oxygens (including phenoxy) is 1. The van der Waals surface area contributed by atoms with Gasteiger partial charge in [0.25, 0.3) is 11.8 Å². The number of hydrogen-bond donors (Lipinski definition) is 2. The van der Waals surface area contributed by atoms with Crippen molar-refractivity contribution in [2.24, 2.45) is 0 Å². The van der Waals surface area contributed by atoms with E-state index in [1.807, 2.05) is 24.3 Å². The van der Waals surface area contributed by atoms with E-state index in [1.54, 1.807) is 12.0 Å². The highest BCUT2D eigenvalue weighted by Gasteiger charge is 2.46.